The fourth-order valence-corrected chi connectivity index (χ4v) is 2.19. The van der Waals surface area contributed by atoms with Crippen LogP contribution in [0.5, 0.6) is 0 Å². The highest BCUT2D eigenvalue weighted by atomic mass is 15.1. The second-order valence-corrected chi connectivity index (χ2v) is 4.19. The van der Waals surface area contributed by atoms with Gasteiger partial charge in [-0.3, -0.25) is 5.10 Å². The Kier molecular flexibility index (Phi) is 2.46. The van der Waals surface area contributed by atoms with Gasteiger partial charge in [0.15, 0.2) is 5.82 Å². The largest absolute Gasteiger partial charge is 0.343 e. The lowest BCUT2D eigenvalue weighted by Crippen LogP contribution is -2.28. The monoisotopic (exact) mass is 217 g/mol. The first-order valence-electron chi connectivity index (χ1n) is 5.69. The van der Waals surface area contributed by atoms with Gasteiger partial charge in [-0.1, -0.05) is 0 Å². The molecule has 0 aliphatic carbocycles. The van der Waals surface area contributed by atoms with E-state index in [9.17, 15) is 0 Å². The van der Waals surface area contributed by atoms with Crippen LogP contribution in [0, 0.1) is 0 Å². The van der Waals surface area contributed by atoms with E-state index >= 15 is 0 Å². The molecule has 84 valence electrons. The van der Waals surface area contributed by atoms with Gasteiger partial charge in [-0.2, -0.15) is 5.10 Å². The average molecular weight is 217 g/mol. The highest BCUT2D eigenvalue weighted by Crippen LogP contribution is 2.24. The van der Waals surface area contributed by atoms with Crippen molar-refractivity contribution in [3.05, 3.63) is 24.2 Å². The minimum Gasteiger partial charge on any atom is -0.343 e. The van der Waals surface area contributed by atoms with E-state index in [-0.39, 0.29) is 0 Å². The Morgan fingerprint density at radius 3 is 3.12 bits per heavy atom. The molecule has 0 bridgehead atoms. The zero-order chi connectivity index (χ0) is 10.8. The first kappa shape index (κ1) is 9.59. The molecule has 1 saturated heterocycles. The zero-order valence-electron chi connectivity index (χ0n) is 9.03. The number of piperidine rings is 1. The average Bonchev–Trinajstić information content (AvgIpc) is 3.01. The number of hydrogen-bond donors (Lipinski definition) is 3. The molecule has 1 aliphatic rings. The molecule has 0 amide bonds. The van der Waals surface area contributed by atoms with Crippen LogP contribution >= 0.6 is 0 Å². The van der Waals surface area contributed by atoms with Gasteiger partial charge in [0.25, 0.3) is 0 Å². The molecule has 16 heavy (non-hydrogen) atoms. The summed E-state index contributed by atoms with van der Waals surface area (Å²) >= 11 is 0. The summed E-state index contributed by atoms with van der Waals surface area (Å²) in [4.78, 5) is 7.25. The fourth-order valence-electron chi connectivity index (χ4n) is 2.19. The van der Waals surface area contributed by atoms with Gasteiger partial charge in [0, 0.05) is 30.6 Å². The number of rotatable bonds is 2. The SMILES string of the molecule is c1c[nH]c(-c2cc([C@H]3CCCNC3)[nH]n2)n1. The van der Waals surface area contributed by atoms with Gasteiger partial charge in [0.1, 0.15) is 5.69 Å². The van der Waals surface area contributed by atoms with Crippen LogP contribution in [-0.4, -0.2) is 33.3 Å². The highest BCUT2D eigenvalue weighted by Gasteiger charge is 2.18. The third-order valence-electron chi connectivity index (χ3n) is 3.08. The van der Waals surface area contributed by atoms with Gasteiger partial charge in [0.2, 0.25) is 0 Å². The minimum absolute atomic E-state index is 0.560. The van der Waals surface area contributed by atoms with Crippen molar-refractivity contribution in [2.24, 2.45) is 0 Å². The number of aromatic nitrogens is 4. The van der Waals surface area contributed by atoms with E-state index in [4.69, 9.17) is 0 Å². The highest BCUT2D eigenvalue weighted by molar-refractivity contribution is 5.49. The van der Waals surface area contributed by atoms with Crippen molar-refractivity contribution < 1.29 is 0 Å². The van der Waals surface area contributed by atoms with E-state index < -0.39 is 0 Å². The summed E-state index contributed by atoms with van der Waals surface area (Å²) in [6.07, 6.45) is 6.02. The summed E-state index contributed by atoms with van der Waals surface area (Å²) in [7, 11) is 0. The molecule has 0 unspecified atom stereocenters. The number of H-pyrrole nitrogens is 2. The van der Waals surface area contributed by atoms with Crippen molar-refractivity contribution in [3.8, 4) is 11.5 Å². The fraction of sp³-hybridized carbons (Fsp3) is 0.455. The van der Waals surface area contributed by atoms with Crippen molar-refractivity contribution in [2.75, 3.05) is 13.1 Å². The van der Waals surface area contributed by atoms with E-state index in [0.29, 0.717) is 5.92 Å². The number of aromatic amines is 2. The Hall–Kier alpha value is -1.62. The first-order valence-corrected chi connectivity index (χ1v) is 5.69. The topological polar surface area (TPSA) is 69.4 Å². The molecule has 1 aliphatic heterocycles. The Bertz CT molecular complexity index is 439. The molecular formula is C11H15N5. The summed E-state index contributed by atoms with van der Waals surface area (Å²) in [5.74, 6) is 1.39. The van der Waals surface area contributed by atoms with Gasteiger partial charge in [-0.05, 0) is 25.5 Å². The Labute approximate surface area is 93.7 Å². The van der Waals surface area contributed by atoms with Crippen molar-refractivity contribution in [1.82, 2.24) is 25.5 Å². The van der Waals surface area contributed by atoms with Gasteiger partial charge in [-0.25, -0.2) is 4.98 Å². The van der Waals surface area contributed by atoms with E-state index in [1.807, 2.05) is 6.20 Å². The van der Waals surface area contributed by atoms with Crippen LogP contribution in [0.3, 0.4) is 0 Å². The molecule has 3 rings (SSSR count). The summed E-state index contributed by atoms with van der Waals surface area (Å²) in [5.41, 5.74) is 2.10. The molecule has 0 saturated carbocycles. The standard InChI is InChI=1S/C11H15N5/c1-2-8(7-12-3-1)9-6-10(16-15-9)11-13-4-5-14-11/h4-6,8,12H,1-3,7H2,(H,13,14)(H,15,16)/t8-/m0/s1. The number of nitrogens with zero attached hydrogens (tertiary/aromatic N) is 2. The van der Waals surface area contributed by atoms with Crippen LogP contribution in [0.15, 0.2) is 18.5 Å². The van der Waals surface area contributed by atoms with Crippen LogP contribution in [0.2, 0.25) is 0 Å². The van der Waals surface area contributed by atoms with Crippen LogP contribution in [0.4, 0.5) is 0 Å². The molecular weight excluding hydrogens is 202 g/mol. The van der Waals surface area contributed by atoms with E-state index in [1.165, 1.54) is 18.5 Å². The summed E-state index contributed by atoms with van der Waals surface area (Å²) in [6.45, 7) is 2.18. The molecule has 2 aromatic rings. The number of imidazole rings is 1. The number of nitrogens with one attached hydrogen (secondary N) is 3. The maximum absolute atomic E-state index is 4.29. The normalized spacial score (nSPS) is 21.1. The van der Waals surface area contributed by atoms with Crippen molar-refractivity contribution >= 4 is 0 Å². The first-order chi connectivity index (χ1) is 7.93. The maximum atomic E-state index is 4.29. The molecule has 0 spiro atoms. The Balaban J connectivity index is 1.82. The lowest BCUT2D eigenvalue weighted by atomic mass is 9.96. The smallest absolute Gasteiger partial charge is 0.157 e. The van der Waals surface area contributed by atoms with E-state index in [0.717, 1.165) is 24.6 Å². The lowest BCUT2D eigenvalue weighted by Gasteiger charge is -2.21. The van der Waals surface area contributed by atoms with Gasteiger partial charge < -0.3 is 10.3 Å². The minimum atomic E-state index is 0.560. The molecule has 5 heteroatoms. The lowest BCUT2D eigenvalue weighted by molar-refractivity contribution is 0.454. The quantitative estimate of drug-likeness (QED) is 0.709. The Morgan fingerprint density at radius 1 is 1.38 bits per heavy atom. The van der Waals surface area contributed by atoms with Gasteiger partial charge in [0.05, 0.1) is 0 Å². The zero-order valence-corrected chi connectivity index (χ0v) is 9.03. The molecule has 1 fully saturated rings. The predicted octanol–water partition coefficient (Wildman–Crippen LogP) is 1.27. The van der Waals surface area contributed by atoms with Crippen LogP contribution in [0.1, 0.15) is 24.5 Å². The Morgan fingerprint density at radius 2 is 2.38 bits per heavy atom. The molecule has 0 radical (unpaired) electrons. The molecule has 2 aromatic heterocycles. The predicted molar refractivity (Wildman–Crippen MR) is 61.0 cm³/mol. The summed E-state index contributed by atoms with van der Waals surface area (Å²) < 4.78 is 0. The van der Waals surface area contributed by atoms with Gasteiger partial charge >= 0.3 is 0 Å². The molecule has 1 atom stereocenters. The van der Waals surface area contributed by atoms with Crippen molar-refractivity contribution in [3.63, 3.8) is 0 Å². The third-order valence-corrected chi connectivity index (χ3v) is 3.08. The van der Waals surface area contributed by atoms with Crippen LogP contribution in [0.25, 0.3) is 11.5 Å². The van der Waals surface area contributed by atoms with E-state index in [1.54, 1.807) is 6.20 Å². The van der Waals surface area contributed by atoms with Crippen molar-refractivity contribution in [1.29, 1.82) is 0 Å². The van der Waals surface area contributed by atoms with Crippen LogP contribution in [-0.2, 0) is 0 Å². The summed E-state index contributed by atoms with van der Waals surface area (Å²) in [5, 5.41) is 10.8. The summed E-state index contributed by atoms with van der Waals surface area (Å²) in [6, 6.07) is 2.09. The molecule has 3 N–H and O–H groups in total. The second-order valence-electron chi connectivity index (χ2n) is 4.19. The van der Waals surface area contributed by atoms with Crippen molar-refractivity contribution in [2.45, 2.75) is 18.8 Å². The van der Waals surface area contributed by atoms with Crippen LogP contribution < -0.4 is 5.32 Å². The van der Waals surface area contributed by atoms with E-state index in [2.05, 4.69) is 31.5 Å². The number of hydrogen-bond acceptors (Lipinski definition) is 3. The molecule has 3 heterocycles. The molecule has 5 nitrogen and oxygen atoms in total. The maximum Gasteiger partial charge on any atom is 0.157 e. The second kappa shape index (κ2) is 4.09. The third kappa shape index (κ3) is 1.74. The molecule has 0 aromatic carbocycles. The van der Waals surface area contributed by atoms with Gasteiger partial charge in [-0.15, -0.1) is 0 Å².